The highest BCUT2D eigenvalue weighted by Gasteiger charge is 2.27. The molecule has 2 aromatic carbocycles. The predicted molar refractivity (Wildman–Crippen MR) is 176 cm³/mol. The highest BCUT2D eigenvalue weighted by molar-refractivity contribution is 5.96. The summed E-state index contributed by atoms with van der Waals surface area (Å²) < 4.78 is 25.7. The van der Waals surface area contributed by atoms with Gasteiger partial charge in [-0.05, 0) is 101 Å². The second-order valence-electron chi connectivity index (χ2n) is 13.7. The molecular formula is C36H46FN5O4. The van der Waals surface area contributed by atoms with Crippen molar-refractivity contribution in [2.75, 3.05) is 13.1 Å². The summed E-state index contributed by atoms with van der Waals surface area (Å²) in [6, 6.07) is 18.0. The van der Waals surface area contributed by atoms with Gasteiger partial charge in [-0.3, -0.25) is 9.69 Å². The van der Waals surface area contributed by atoms with Crippen molar-refractivity contribution >= 4 is 12.0 Å². The maximum atomic E-state index is 14.3. The molecule has 5 rings (SSSR count). The minimum Gasteiger partial charge on any atom is -0.444 e. The first-order chi connectivity index (χ1) is 21.9. The quantitative estimate of drug-likeness (QED) is 0.263. The standard InChI is InChI=1S/C36H46FN5O4/c1-23-20-42(21-24(2)39-23)22-25-8-6-9-26(16-25)27-10-7-11-31(17-27)45-34-32(18-28(37)19-38-34)33(43)40-29-12-14-30(15-13-29)41-35(44)46-36(3,4)5/h6-11,16-19,23-24,29-30,39H,12-15,20-22H2,1-5H3,(H,40,43)(H,41,44)/t23-,24+,29?,30?. The van der Waals surface area contributed by atoms with Crippen LogP contribution in [0.4, 0.5) is 9.18 Å². The number of amides is 2. The van der Waals surface area contributed by atoms with Crippen molar-refractivity contribution in [1.82, 2.24) is 25.8 Å². The molecule has 2 fully saturated rings. The molecule has 246 valence electrons. The van der Waals surface area contributed by atoms with Gasteiger partial charge in [0.05, 0.1) is 6.20 Å². The normalized spacial score (nSPS) is 22.1. The molecule has 1 saturated heterocycles. The van der Waals surface area contributed by atoms with Crippen LogP contribution in [-0.2, 0) is 11.3 Å². The molecule has 3 aromatic rings. The number of nitrogens with one attached hydrogen (secondary N) is 3. The highest BCUT2D eigenvalue weighted by atomic mass is 19.1. The largest absolute Gasteiger partial charge is 0.444 e. The molecule has 9 nitrogen and oxygen atoms in total. The Morgan fingerprint density at radius 1 is 0.935 bits per heavy atom. The van der Waals surface area contributed by atoms with Gasteiger partial charge in [-0.15, -0.1) is 0 Å². The Morgan fingerprint density at radius 3 is 2.24 bits per heavy atom. The zero-order chi connectivity index (χ0) is 32.8. The first kappa shape index (κ1) is 33.3. The fourth-order valence-corrected chi connectivity index (χ4v) is 6.32. The van der Waals surface area contributed by atoms with Gasteiger partial charge in [0, 0.05) is 43.8 Å². The molecule has 0 spiro atoms. The smallest absolute Gasteiger partial charge is 0.407 e. The second kappa shape index (κ2) is 14.6. The minimum absolute atomic E-state index is 0.0276. The Balaban J connectivity index is 1.22. The Hall–Kier alpha value is -4.02. The fraction of sp³-hybridized carbons (Fsp3) is 0.472. The predicted octanol–water partition coefficient (Wildman–Crippen LogP) is 6.43. The summed E-state index contributed by atoms with van der Waals surface area (Å²) in [5.74, 6) is -0.547. The number of piperazine rings is 1. The lowest BCUT2D eigenvalue weighted by Gasteiger charge is -2.36. The number of rotatable bonds is 8. The average molecular weight is 632 g/mol. The Kier molecular flexibility index (Phi) is 10.6. The third-order valence-electron chi connectivity index (χ3n) is 8.19. The number of halogens is 1. The number of pyridine rings is 1. The Bertz CT molecular complexity index is 1510. The van der Waals surface area contributed by atoms with Crippen molar-refractivity contribution < 1.29 is 23.5 Å². The topological polar surface area (TPSA) is 105 Å². The molecule has 2 aliphatic rings. The number of nitrogens with zero attached hydrogens (tertiary/aromatic N) is 2. The zero-order valence-electron chi connectivity index (χ0n) is 27.4. The summed E-state index contributed by atoms with van der Waals surface area (Å²) in [6.45, 7) is 12.8. The number of carbonyl (C=O) groups is 2. The first-order valence-electron chi connectivity index (χ1n) is 16.2. The van der Waals surface area contributed by atoms with Gasteiger partial charge < -0.3 is 25.4 Å². The van der Waals surface area contributed by atoms with E-state index in [1.165, 1.54) is 5.56 Å². The van der Waals surface area contributed by atoms with Crippen molar-refractivity contribution in [3.8, 4) is 22.8 Å². The van der Waals surface area contributed by atoms with Crippen molar-refractivity contribution in [2.24, 2.45) is 0 Å². The molecule has 1 aromatic heterocycles. The van der Waals surface area contributed by atoms with Crippen LogP contribution in [0.5, 0.6) is 11.6 Å². The van der Waals surface area contributed by atoms with Crippen LogP contribution in [0.25, 0.3) is 11.1 Å². The lowest BCUT2D eigenvalue weighted by atomic mass is 9.91. The van der Waals surface area contributed by atoms with E-state index in [4.69, 9.17) is 9.47 Å². The molecule has 1 aliphatic carbocycles. The summed E-state index contributed by atoms with van der Waals surface area (Å²) in [5, 5.41) is 9.50. The van der Waals surface area contributed by atoms with Gasteiger partial charge in [0.1, 0.15) is 22.7 Å². The van der Waals surface area contributed by atoms with E-state index in [-0.39, 0.29) is 23.5 Å². The third kappa shape index (κ3) is 9.50. The number of alkyl carbamates (subject to hydrolysis) is 1. The molecule has 1 saturated carbocycles. The molecule has 10 heteroatoms. The number of benzene rings is 2. The fourth-order valence-electron chi connectivity index (χ4n) is 6.32. The van der Waals surface area contributed by atoms with Crippen LogP contribution in [0.3, 0.4) is 0 Å². The van der Waals surface area contributed by atoms with E-state index in [0.717, 1.165) is 43.0 Å². The van der Waals surface area contributed by atoms with Gasteiger partial charge >= 0.3 is 6.09 Å². The van der Waals surface area contributed by atoms with E-state index in [0.29, 0.717) is 43.5 Å². The van der Waals surface area contributed by atoms with Gasteiger partial charge in [0.15, 0.2) is 0 Å². The van der Waals surface area contributed by atoms with Crippen LogP contribution in [-0.4, -0.2) is 64.7 Å². The number of carbonyl (C=O) groups excluding carboxylic acids is 2. The number of hydrogen-bond acceptors (Lipinski definition) is 7. The highest BCUT2D eigenvalue weighted by Crippen LogP contribution is 2.30. The van der Waals surface area contributed by atoms with Gasteiger partial charge in [-0.25, -0.2) is 14.2 Å². The van der Waals surface area contributed by atoms with Gasteiger partial charge in [-0.2, -0.15) is 0 Å². The molecule has 3 N–H and O–H groups in total. The number of hydrogen-bond donors (Lipinski definition) is 3. The maximum absolute atomic E-state index is 14.3. The molecule has 2 heterocycles. The van der Waals surface area contributed by atoms with Crippen molar-refractivity contribution in [2.45, 2.75) is 96.6 Å². The second-order valence-corrected chi connectivity index (χ2v) is 13.7. The van der Waals surface area contributed by atoms with E-state index < -0.39 is 23.4 Å². The number of ether oxygens (including phenoxy) is 2. The van der Waals surface area contributed by atoms with Crippen molar-refractivity contribution in [3.63, 3.8) is 0 Å². The van der Waals surface area contributed by atoms with E-state index in [1.807, 2.05) is 39.0 Å². The molecule has 1 aliphatic heterocycles. The summed E-state index contributed by atoms with van der Waals surface area (Å²) in [7, 11) is 0. The SMILES string of the molecule is C[C@@H]1CN(Cc2cccc(-c3cccc(Oc4ncc(F)cc4C(=O)NC4CCC(NC(=O)OC(C)(C)C)CC4)c3)c2)C[C@H](C)N1. The van der Waals surface area contributed by atoms with Gasteiger partial charge in [-0.1, -0.05) is 30.3 Å². The first-order valence-corrected chi connectivity index (χ1v) is 16.2. The molecular weight excluding hydrogens is 585 g/mol. The minimum atomic E-state index is -0.624. The average Bonchev–Trinajstić information content (AvgIpc) is 2.98. The summed E-state index contributed by atoms with van der Waals surface area (Å²) in [4.78, 5) is 32.1. The summed E-state index contributed by atoms with van der Waals surface area (Å²) >= 11 is 0. The van der Waals surface area contributed by atoms with Crippen LogP contribution >= 0.6 is 0 Å². The van der Waals surface area contributed by atoms with Gasteiger partial charge in [0.2, 0.25) is 5.88 Å². The number of aromatic nitrogens is 1. The summed E-state index contributed by atoms with van der Waals surface area (Å²) in [5.41, 5.74) is 2.72. The molecule has 46 heavy (non-hydrogen) atoms. The van der Waals surface area contributed by atoms with Crippen molar-refractivity contribution in [3.05, 3.63) is 77.7 Å². The van der Waals surface area contributed by atoms with Crippen LogP contribution in [0, 0.1) is 5.82 Å². The lowest BCUT2D eigenvalue weighted by molar-refractivity contribution is 0.0487. The molecule has 0 radical (unpaired) electrons. The van der Waals surface area contributed by atoms with Crippen LogP contribution < -0.4 is 20.7 Å². The maximum Gasteiger partial charge on any atom is 0.407 e. The van der Waals surface area contributed by atoms with E-state index in [9.17, 15) is 14.0 Å². The molecule has 2 amide bonds. The molecule has 0 bridgehead atoms. The van der Waals surface area contributed by atoms with Crippen LogP contribution in [0.1, 0.15) is 76.2 Å². The summed E-state index contributed by atoms with van der Waals surface area (Å²) in [6.07, 6.45) is 3.32. The van der Waals surface area contributed by atoms with Crippen LogP contribution in [0.2, 0.25) is 0 Å². The molecule has 0 unspecified atom stereocenters. The molecule has 2 atom stereocenters. The monoisotopic (exact) mass is 631 g/mol. The Morgan fingerprint density at radius 2 is 1.57 bits per heavy atom. The van der Waals surface area contributed by atoms with E-state index in [2.05, 4.69) is 63.9 Å². The van der Waals surface area contributed by atoms with Crippen LogP contribution in [0.15, 0.2) is 60.8 Å². The lowest BCUT2D eigenvalue weighted by Crippen LogP contribution is -2.53. The van der Waals surface area contributed by atoms with Crippen molar-refractivity contribution in [1.29, 1.82) is 0 Å². The van der Waals surface area contributed by atoms with E-state index in [1.54, 1.807) is 6.07 Å². The Labute approximate surface area is 271 Å². The van der Waals surface area contributed by atoms with E-state index >= 15 is 0 Å². The third-order valence-corrected chi connectivity index (χ3v) is 8.19. The zero-order valence-corrected chi connectivity index (χ0v) is 27.4. The van der Waals surface area contributed by atoms with Gasteiger partial charge in [0.25, 0.3) is 5.91 Å².